The number of halogens is 1. The number of carbonyl (C=O) groups excluding carboxylic acids is 1. The summed E-state index contributed by atoms with van der Waals surface area (Å²) in [6.45, 7) is 0.140. The van der Waals surface area contributed by atoms with Crippen LogP contribution in [-0.4, -0.2) is 20.6 Å². The lowest BCUT2D eigenvalue weighted by atomic mass is 10.2. The first-order chi connectivity index (χ1) is 10.6. The minimum absolute atomic E-state index is 0.140. The van der Waals surface area contributed by atoms with Gasteiger partial charge >= 0.3 is 0 Å². The van der Waals surface area contributed by atoms with Crippen molar-refractivity contribution in [1.82, 2.24) is 20.0 Å². The van der Waals surface area contributed by atoms with Crippen LogP contribution in [0.25, 0.3) is 11.5 Å². The number of hydrogen-bond donors (Lipinski definition) is 1. The highest BCUT2D eigenvalue weighted by molar-refractivity contribution is 6.33. The van der Waals surface area contributed by atoms with Crippen molar-refractivity contribution in [2.75, 3.05) is 0 Å². The Morgan fingerprint density at radius 3 is 2.86 bits per heavy atom. The first-order valence-electron chi connectivity index (χ1n) is 6.62. The van der Waals surface area contributed by atoms with Crippen LogP contribution in [0.1, 0.15) is 16.2 Å². The Morgan fingerprint density at radius 1 is 1.32 bits per heavy atom. The molecule has 1 aromatic carbocycles. The van der Waals surface area contributed by atoms with Gasteiger partial charge < -0.3 is 14.4 Å². The van der Waals surface area contributed by atoms with Crippen molar-refractivity contribution in [3.63, 3.8) is 0 Å². The number of nitrogens with zero attached hydrogens (tertiary/aromatic N) is 3. The third-order valence-electron chi connectivity index (χ3n) is 3.16. The van der Waals surface area contributed by atoms with Crippen LogP contribution < -0.4 is 5.32 Å². The number of benzene rings is 1. The second kappa shape index (κ2) is 6.03. The third kappa shape index (κ3) is 2.87. The zero-order valence-corrected chi connectivity index (χ0v) is 12.5. The second-order valence-corrected chi connectivity index (χ2v) is 5.09. The normalized spacial score (nSPS) is 10.6. The topological polar surface area (TPSA) is 73.0 Å². The van der Waals surface area contributed by atoms with Crippen LogP contribution in [0.3, 0.4) is 0 Å². The van der Waals surface area contributed by atoms with Gasteiger partial charge in [-0.2, -0.15) is 4.98 Å². The van der Waals surface area contributed by atoms with E-state index >= 15 is 0 Å². The molecule has 6 nitrogen and oxygen atoms in total. The maximum absolute atomic E-state index is 12.0. The van der Waals surface area contributed by atoms with E-state index in [4.69, 9.17) is 16.1 Å². The number of nitrogens with one attached hydrogen (secondary N) is 1. The summed E-state index contributed by atoms with van der Waals surface area (Å²) in [5.41, 5.74) is 1.25. The summed E-state index contributed by atoms with van der Waals surface area (Å²) in [7, 11) is 1.89. The average Bonchev–Trinajstić information content (AvgIpc) is 3.13. The third-order valence-corrected chi connectivity index (χ3v) is 3.49. The predicted molar refractivity (Wildman–Crippen MR) is 81.3 cm³/mol. The van der Waals surface area contributed by atoms with Gasteiger partial charge in [0.15, 0.2) is 0 Å². The van der Waals surface area contributed by atoms with Gasteiger partial charge in [-0.25, -0.2) is 0 Å². The largest absolute Gasteiger partial charge is 0.348 e. The maximum atomic E-state index is 12.0. The molecule has 0 aliphatic rings. The molecule has 0 aliphatic carbocycles. The summed E-state index contributed by atoms with van der Waals surface area (Å²) in [4.78, 5) is 16.3. The standard InChI is InChI=1S/C15H13ClN4O2/c1-20-8-4-7-12(20)14-18-13(22-19-14)9-17-15(21)10-5-2-3-6-11(10)16/h2-8H,9H2,1H3,(H,17,21). The Balaban J connectivity index is 1.68. The van der Waals surface area contributed by atoms with Gasteiger partial charge in [0.1, 0.15) is 0 Å². The Labute approximate surface area is 131 Å². The van der Waals surface area contributed by atoms with Crippen molar-refractivity contribution in [1.29, 1.82) is 0 Å². The summed E-state index contributed by atoms with van der Waals surface area (Å²) < 4.78 is 7.02. The molecule has 1 amide bonds. The number of rotatable bonds is 4. The molecule has 112 valence electrons. The quantitative estimate of drug-likeness (QED) is 0.803. The van der Waals surface area contributed by atoms with Gasteiger partial charge in [-0.15, -0.1) is 0 Å². The molecule has 0 aliphatic heterocycles. The number of amides is 1. The van der Waals surface area contributed by atoms with E-state index in [0.717, 1.165) is 5.69 Å². The first kappa shape index (κ1) is 14.3. The molecule has 0 atom stereocenters. The van der Waals surface area contributed by atoms with Crippen LogP contribution in [-0.2, 0) is 13.6 Å². The molecule has 0 saturated heterocycles. The Kier molecular flexibility index (Phi) is 3.93. The van der Waals surface area contributed by atoms with Crippen LogP contribution in [0.5, 0.6) is 0 Å². The second-order valence-electron chi connectivity index (χ2n) is 4.68. The van der Waals surface area contributed by atoms with E-state index < -0.39 is 0 Å². The Bertz CT molecular complexity index is 809. The molecule has 1 N–H and O–H groups in total. The molecule has 3 rings (SSSR count). The van der Waals surface area contributed by atoms with Crippen molar-refractivity contribution in [2.45, 2.75) is 6.54 Å². The average molecular weight is 317 g/mol. The molecular formula is C15H13ClN4O2. The number of aryl methyl sites for hydroxylation is 1. The molecule has 0 saturated carbocycles. The number of carbonyl (C=O) groups is 1. The van der Waals surface area contributed by atoms with Crippen LogP contribution in [0.4, 0.5) is 0 Å². The molecule has 2 heterocycles. The fraction of sp³-hybridized carbons (Fsp3) is 0.133. The van der Waals surface area contributed by atoms with Crippen molar-refractivity contribution in [2.24, 2.45) is 7.05 Å². The molecule has 3 aromatic rings. The first-order valence-corrected chi connectivity index (χ1v) is 7.00. The molecular weight excluding hydrogens is 304 g/mol. The highest BCUT2D eigenvalue weighted by Crippen LogP contribution is 2.16. The molecule has 0 fully saturated rings. The molecule has 0 spiro atoms. The molecule has 7 heteroatoms. The predicted octanol–water partition coefficient (Wildman–Crippen LogP) is 2.66. The Hall–Kier alpha value is -2.60. The van der Waals surface area contributed by atoms with Crippen LogP contribution in [0.15, 0.2) is 47.1 Å². The van der Waals surface area contributed by atoms with Gasteiger partial charge in [-0.1, -0.05) is 28.9 Å². The summed E-state index contributed by atoms with van der Waals surface area (Å²) in [6.07, 6.45) is 1.89. The number of hydrogen-bond acceptors (Lipinski definition) is 4. The minimum atomic E-state index is -0.288. The lowest BCUT2D eigenvalue weighted by Crippen LogP contribution is -2.23. The molecule has 0 unspecified atom stereocenters. The van der Waals surface area contributed by atoms with Gasteiger partial charge in [0.2, 0.25) is 11.7 Å². The zero-order valence-electron chi connectivity index (χ0n) is 11.8. The van der Waals surface area contributed by atoms with Gasteiger partial charge in [-0.3, -0.25) is 4.79 Å². The lowest BCUT2D eigenvalue weighted by Gasteiger charge is -2.03. The summed E-state index contributed by atoms with van der Waals surface area (Å²) in [6, 6.07) is 10.6. The van der Waals surface area contributed by atoms with E-state index in [0.29, 0.717) is 22.3 Å². The molecule has 22 heavy (non-hydrogen) atoms. The van der Waals surface area contributed by atoms with Gasteiger partial charge in [0, 0.05) is 13.2 Å². The van der Waals surface area contributed by atoms with Crippen LogP contribution in [0, 0.1) is 0 Å². The van der Waals surface area contributed by atoms with Crippen molar-refractivity contribution >= 4 is 17.5 Å². The fourth-order valence-electron chi connectivity index (χ4n) is 2.02. The fourth-order valence-corrected chi connectivity index (χ4v) is 2.24. The summed E-state index contributed by atoms with van der Waals surface area (Å²) in [5, 5.41) is 7.00. The molecule has 0 radical (unpaired) electrons. The molecule has 0 bridgehead atoms. The Morgan fingerprint density at radius 2 is 2.14 bits per heavy atom. The maximum Gasteiger partial charge on any atom is 0.253 e. The van der Waals surface area contributed by atoms with Gasteiger partial charge in [-0.05, 0) is 24.3 Å². The molecule has 2 aromatic heterocycles. The van der Waals surface area contributed by atoms with Crippen molar-refractivity contribution < 1.29 is 9.32 Å². The minimum Gasteiger partial charge on any atom is -0.348 e. The van der Waals surface area contributed by atoms with Crippen LogP contribution >= 0.6 is 11.6 Å². The highest BCUT2D eigenvalue weighted by atomic mass is 35.5. The smallest absolute Gasteiger partial charge is 0.253 e. The van der Waals surface area contributed by atoms with Gasteiger partial charge in [0.25, 0.3) is 5.91 Å². The zero-order chi connectivity index (χ0) is 15.5. The van der Waals surface area contributed by atoms with E-state index in [1.165, 1.54) is 0 Å². The number of aromatic nitrogens is 3. The van der Waals surface area contributed by atoms with E-state index in [1.54, 1.807) is 24.3 Å². The summed E-state index contributed by atoms with van der Waals surface area (Å²) >= 11 is 5.97. The van der Waals surface area contributed by atoms with Crippen LogP contribution in [0.2, 0.25) is 5.02 Å². The summed E-state index contributed by atoms with van der Waals surface area (Å²) in [5.74, 6) is 0.523. The SMILES string of the molecule is Cn1cccc1-c1noc(CNC(=O)c2ccccc2Cl)n1. The highest BCUT2D eigenvalue weighted by Gasteiger charge is 2.13. The lowest BCUT2D eigenvalue weighted by molar-refractivity contribution is 0.0946. The monoisotopic (exact) mass is 316 g/mol. The van der Waals surface area contributed by atoms with E-state index in [1.807, 2.05) is 29.9 Å². The van der Waals surface area contributed by atoms with Crippen molar-refractivity contribution in [3.8, 4) is 11.5 Å². The van der Waals surface area contributed by atoms with E-state index in [9.17, 15) is 4.79 Å². The van der Waals surface area contributed by atoms with E-state index in [2.05, 4.69) is 15.5 Å². The van der Waals surface area contributed by atoms with Crippen molar-refractivity contribution in [3.05, 3.63) is 59.1 Å². The van der Waals surface area contributed by atoms with E-state index in [-0.39, 0.29) is 12.5 Å². The van der Waals surface area contributed by atoms with Gasteiger partial charge in [0.05, 0.1) is 22.8 Å².